The number of nitrogens with zero attached hydrogens (tertiary/aromatic N) is 6. The Morgan fingerprint density at radius 3 is 2.63 bits per heavy atom. The first-order valence-electron chi connectivity index (χ1n) is 5.03. The molecule has 2 aromatic rings. The molecule has 1 N–H and O–H groups in total. The zero-order chi connectivity index (χ0) is 14.0. The molecule has 19 heavy (non-hydrogen) atoms. The molecule has 2 heterocycles. The third-order valence-electron chi connectivity index (χ3n) is 2.39. The van der Waals surface area contributed by atoms with Crippen molar-refractivity contribution in [3.63, 3.8) is 0 Å². The summed E-state index contributed by atoms with van der Waals surface area (Å²) in [6, 6.07) is 3.61. The average molecular weight is 254 g/mol. The molecule has 2 rings (SSSR count). The largest absolute Gasteiger partial charge is 0.478 e. The van der Waals surface area contributed by atoms with Crippen LogP contribution in [0.15, 0.2) is 12.5 Å². The second kappa shape index (κ2) is 4.55. The van der Waals surface area contributed by atoms with Crippen LogP contribution in [0.5, 0.6) is 0 Å². The van der Waals surface area contributed by atoms with Crippen molar-refractivity contribution in [1.29, 1.82) is 10.5 Å². The molecule has 0 unspecified atom stereocenters. The van der Waals surface area contributed by atoms with Crippen molar-refractivity contribution in [2.75, 3.05) is 0 Å². The number of carbonyl (C=O) groups is 1. The van der Waals surface area contributed by atoms with Gasteiger partial charge in [0.05, 0.1) is 11.3 Å². The van der Waals surface area contributed by atoms with Crippen molar-refractivity contribution in [1.82, 2.24) is 19.5 Å². The van der Waals surface area contributed by atoms with Crippen molar-refractivity contribution in [3.05, 3.63) is 35.2 Å². The molecule has 0 aliphatic rings. The fraction of sp³-hybridized carbons (Fsp3) is 0.0909. The van der Waals surface area contributed by atoms with E-state index in [0.29, 0.717) is 0 Å². The smallest absolute Gasteiger partial charge is 0.339 e. The molecular weight excluding hydrogens is 248 g/mol. The minimum Gasteiger partial charge on any atom is -0.478 e. The normalized spacial score (nSPS) is 9.63. The summed E-state index contributed by atoms with van der Waals surface area (Å²) in [6.07, 6.45) is 2.39. The number of hydrogen-bond donors (Lipinski definition) is 1. The maximum atomic E-state index is 10.8. The maximum absolute atomic E-state index is 10.8. The Balaban J connectivity index is 2.59. The Hall–Kier alpha value is -3.26. The topological polar surface area (TPSA) is 128 Å². The number of aryl methyl sites for hydroxylation is 1. The monoisotopic (exact) mass is 254 g/mol. The summed E-state index contributed by atoms with van der Waals surface area (Å²) in [5.74, 6) is -1.04. The van der Waals surface area contributed by atoms with Gasteiger partial charge in [0.25, 0.3) is 0 Å². The minimum absolute atomic E-state index is 0.00461. The van der Waals surface area contributed by atoms with Crippen LogP contribution in [0.3, 0.4) is 0 Å². The Morgan fingerprint density at radius 2 is 2.11 bits per heavy atom. The molecule has 0 aliphatic heterocycles. The predicted molar refractivity (Wildman–Crippen MR) is 60.3 cm³/mol. The lowest BCUT2D eigenvalue weighted by Gasteiger charge is -2.04. The Morgan fingerprint density at radius 1 is 1.37 bits per heavy atom. The van der Waals surface area contributed by atoms with Crippen molar-refractivity contribution < 1.29 is 9.90 Å². The van der Waals surface area contributed by atoms with Gasteiger partial charge in [0, 0.05) is 6.20 Å². The highest BCUT2D eigenvalue weighted by atomic mass is 16.4. The Kier molecular flexibility index (Phi) is 2.92. The average Bonchev–Trinajstić information content (AvgIpc) is 2.80. The van der Waals surface area contributed by atoms with E-state index in [4.69, 9.17) is 15.6 Å². The minimum atomic E-state index is -1.13. The molecule has 0 amide bonds. The van der Waals surface area contributed by atoms with Crippen LogP contribution in [0.1, 0.15) is 27.4 Å². The summed E-state index contributed by atoms with van der Waals surface area (Å²) < 4.78 is 1.23. The van der Waals surface area contributed by atoms with Gasteiger partial charge in [0.2, 0.25) is 5.95 Å². The number of aromatic nitrogens is 4. The van der Waals surface area contributed by atoms with E-state index < -0.39 is 5.97 Å². The molecule has 0 bridgehead atoms. The zero-order valence-electron chi connectivity index (χ0n) is 9.69. The summed E-state index contributed by atoms with van der Waals surface area (Å²) in [4.78, 5) is 22.4. The zero-order valence-corrected chi connectivity index (χ0v) is 9.69. The fourth-order valence-corrected chi connectivity index (χ4v) is 1.47. The lowest BCUT2D eigenvalue weighted by Crippen LogP contribution is -2.08. The lowest BCUT2D eigenvalue weighted by atomic mass is 10.2. The molecule has 0 aliphatic carbocycles. The van der Waals surface area contributed by atoms with E-state index >= 15 is 0 Å². The van der Waals surface area contributed by atoms with Crippen LogP contribution in [0.4, 0.5) is 0 Å². The van der Waals surface area contributed by atoms with Gasteiger partial charge in [-0.15, -0.1) is 0 Å². The first kappa shape index (κ1) is 12.2. The highest BCUT2D eigenvalue weighted by molar-refractivity contribution is 5.88. The van der Waals surface area contributed by atoms with Crippen molar-refractivity contribution in [3.8, 4) is 18.1 Å². The first-order chi connectivity index (χ1) is 9.08. The van der Waals surface area contributed by atoms with Gasteiger partial charge >= 0.3 is 5.97 Å². The quantitative estimate of drug-likeness (QED) is 0.821. The molecule has 92 valence electrons. The van der Waals surface area contributed by atoms with Crippen LogP contribution in [0.2, 0.25) is 0 Å². The van der Waals surface area contributed by atoms with E-state index in [-0.39, 0.29) is 28.6 Å². The number of imidazole rings is 1. The van der Waals surface area contributed by atoms with Gasteiger partial charge in [-0.3, -0.25) is 4.57 Å². The van der Waals surface area contributed by atoms with E-state index in [9.17, 15) is 4.79 Å². The highest BCUT2D eigenvalue weighted by Crippen LogP contribution is 2.12. The van der Waals surface area contributed by atoms with E-state index in [0.717, 1.165) is 6.20 Å². The van der Waals surface area contributed by atoms with Gasteiger partial charge in [0.1, 0.15) is 18.5 Å². The second-order valence-corrected chi connectivity index (χ2v) is 3.51. The number of carboxylic acid groups (broad SMARTS) is 1. The van der Waals surface area contributed by atoms with Crippen LogP contribution >= 0.6 is 0 Å². The van der Waals surface area contributed by atoms with E-state index in [1.54, 1.807) is 6.07 Å². The third-order valence-corrected chi connectivity index (χ3v) is 2.39. The van der Waals surface area contributed by atoms with Crippen molar-refractivity contribution in [2.24, 2.45) is 0 Å². The number of nitriles is 2. The number of carboxylic acids is 1. The molecule has 8 nitrogen and oxygen atoms in total. The first-order valence-corrected chi connectivity index (χ1v) is 5.03. The number of hydrogen-bond acceptors (Lipinski definition) is 6. The van der Waals surface area contributed by atoms with Crippen LogP contribution in [0.25, 0.3) is 5.95 Å². The molecule has 0 saturated carbocycles. The maximum Gasteiger partial charge on any atom is 0.339 e. The van der Waals surface area contributed by atoms with Gasteiger partial charge in [-0.2, -0.15) is 10.5 Å². The highest BCUT2D eigenvalue weighted by Gasteiger charge is 2.15. The molecule has 0 fully saturated rings. The molecule has 2 aromatic heterocycles. The summed E-state index contributed by atoms with van der Waals surface area (Å²) >= 11 is 0. The molecule has 0 radical (unpaired) electrons. The number of aromatic carboxylic acids is 1. The molecule has 0 aromatic carbocycles. The van der Waals surface area contributed by atoms with Crippen LogP contribution < -0.4 is 0 Å². The summed E-state index contributed by atoms with van der Waals surface area (Å²) in [6.45, 7) is 1.52. The summed E-state index contributed by atoms with van der Waals surface area (Å²) in [7, 11) is 0. The summed E-state index contributed by atoms with van der Waals surface area (Å²) in [5, 5.41) is 26.6. The number of rotatable bonds is 2. The second-order valence-electron chi connectivity index (χ2n) is 3.51. The third kappa shape index (κ3) is 1.98. The standard InChI is InChI=1S/C11H6N6O2/c1-6-7(10(18)19)4-14-11(16-6)17-5-15-8(2-12)9(17)3-13/h4-5H,1H3,(H,18,19). The predicted octanol–water partition coefficient (Wildman–Crippen LogP) is 0.412. The summed E-state index contributed by atoms with van der Waals surface area (Å²) in [5.41, 5.74) is 0.201. The van der Waals surface area contributed by atoms with E-state index in [1.165, 1.54) is 17.8 Å². The van der Waals surface area contributed by atoms with Crippen molar-refractivity contribution in [2.45, 2.75) is 6.92 Å². The van der Waals surface area contributed by atoms with Crippen LogP contribution in [0, 0.1) is 29.6 Å². The van der Waals surface area contributed by atoms with Crippen LogP contribution in [-0.4, -0.2) is 30.6 Å². The van der Waals surface area contributed by atoms with Crippen molar-refractivity contribution >= 4 is 5.97 Å². The van der Waals surface area contributed by atoms with E-state index in [1.807, 2.05) is 6.07 Å². The van der Waals surface area contributed by atoms with Gasteiger partial charge < -0.3 is 5.11 Å². The van der Waals surface area contributed by atoms with Gasteiger partial charge in [0.15, 0.2) is 11.4 Å². The Bertz CT molecular complexity index is 750. The Labute approximate surface area is 107 Å². The molecule has 8 heteroatoms. The molecule has 0 saturated heterocycles. The molecule has 0 atom stereocenters. The molecule has 0 spiro atoms. The van der Waals surface area contributed by atoms with Gasteiger partial charge in [-0.1, -0.05) is 0 Å². The lowest BCUT2D eigenvalue weighted by molar-refractivity contribution is 0.0695. The van der Waals surface area contributed by atoms with Gasteiger partial charge in [-0.05, 0) is 6.92 Å². The van der Waals surface area contributed by atoms with Gasteiger partial charge in [-0.25, -0.2) is 19.7 Å². The van der Waals surface area contributed by atoms with Crippen LogP contribution in [-0.2, 0) is 0 Å². The SMILES string of the molecule is Cc1nc(-n2cnc(C#N)c2C#N)ncc1C(=O)O. The van der Waals surface area contributed by atoms with E-state index in [2.05, 4.69) is 15.0 Å². The molecular formula is C11H6N6O2. The fourth-order valence-electron chi connectivity index (χ4n) is 1.47.